The first kappa shape index (κ1) is 19.5. The second kappa shape index (κ2) is 8.71. The molecule has 2 aliphatic rings. The highest BCUT2D eigenvalue weighted by atomic mass is 16.5. The highest BCUT2D eigenvalue weighted by molar-refractivity contribution is 5.78. The van der Waals surface area contributed by atoms with Gasteiger partial charge in [0, 0.05) is 44.3 Å². The lowest BCUT2D eigenvalue weighted by atomic mass is 10.0. The van der Waals surface area contributed by atoms with Gasteiger partial charge in [0.2, 0.25) is 5.91 Å². The summed E-state index contributed by atoms with van der Waals surface area (Å²) in [6, 6.07) is 16.2. The molecule has 2 aromatic rings. The molecule has 0 saturated carbocycles. The van der Waals surface area contributed by atoms with E-state index in [1.165, 1.54) is 5.69 Å². The number of nitrogens with zero attached hydrogens (tertiary/aromatic N) is 2. The third-order valence-electron chi connectivity index (χ3n) is 5.66. The van der Waals surface area contributed by atoms with Crippen LogP contribution < -0.4 is 25.0 Å². The molecule has 4 rings (SSSR count). The Bertz CT molecular complexity index is 837. The minimum absolute atomic E-state index is 0.0547. The van der Waals surface area contributed by atoms with Gasteiger partial charge in [0.15, 0.2) is 11.5 Å². The van der Waals surface area contributed by atoms with Crippen molar-refractivity contribution in [3.05, 3.63) is 54.1 Å². The molecule has 2 heterocycles. The SMILES string of the molecule is COc1ccc(C2CC(=O)NC(N3CCN(c4ccccc4)CC3)N2)cc1OC. The van der Waals surface area contributed by atoms with Crippen LogP contribution in [0.1, 0.15) is 18.0 Å². The number of ether oxygens (including phenoxy) is 2. The third kappa shape index (κ3) is 4.31. The number of amides is 1. The Labute approximate surface area is 171 Å². The van der Waals surface area contributed by atoms with Gasteiger partial charge in [0.1, 0.15) is 6.29 Å². The molecule has 2 fully saturated rings. The fraction of sp³-hybridized carbons (Fsp3) is 0.409. The summed E-state index contributed by atoms with van der Waals surface area (Å²) in [6.07, 6.45) is 0.225. The van der Waals surface area contributed by atoms with Crippen LogP contribution in [0.2, 0.25) is 0 Å². The molecule has 0 radical (unpaired) electrons. The molecule has 7 nitrogen and oxygen atoms in total. The van der Waals surface area contributed by atoms with E-state index in [0.29, 0.717) is 17.9 Å². The van der Waals surface area contributed by atoms with Crippen molar-refractivity contribution in [2.75, 3.05) is 45.3 Å². The molecule has 0 bridgehead atoms. The number of benzene rings is 2. The number of carbonyl (C=O) groups excluding carboxylic acids is 1. The molecule has 2 N–H and O–H groups in total. The molecule has 0 aliphatic carbocycles. The summed E-state index contributed by atoms with van der Waals surface area (Å²) in [5.74, 6) is 1.41. The van der Waals surface area contributed by atoms with E-state index < -0.39 is 0 Å². The van der Waals surface area contributed by atoms with E-state index in [4.69, 9.17) is 9.47 Å². The van der Waals surface area contributed by atoms with Crippen LogP contribution >= 0.6 is 0 Å². The van der Waals surface area contributed by atoms with E-state index in [2.05, 4.69) is 44.7 Å². The molecule has 0 aromatic heterocycles. The monoisotopic (exact) mass is 396 g/mol. The first-order valence-electron chi connectivity index (χ1n) is 9.99. The van der Waals surface area contributed by atoms with Gasteiger partial charge in [-0.15, -0.1) is 0 Å². The van der Waals surface area contributed by atoms with Crippen molar-refractivity contribution in [3.63, 3.8) is 0 Å². The van der Waals surface area contributed by atoms with Gasteiger partial charge in [0.25, 0.3) is 0 Å². The standard InChI is InChI=1S/C22H28N4O3/c1-28-19-9-8-16(14-20(19)29-2)18-15-21(27)24-22(23-18)26-12-10-25(11-13-26)17-6-4-3-5-7-17/h3-9,14,18,22-23H,10-13,15H2,1-2H3,(H,24,27). The van der Waals surface area contributed by atoms with Crippen LogP contribution in [0.5, 0.6) is 11.5 Å². The fourth-order valence-electron chi connectivity index (χ4n) is 4.05. The molecular formula is C22H28N4O3. The first-order valence-corrected chi connectivity index (χ1v) is 9.99. The molecule has 29 heavy (non-hydrogen) atoms. The summed E-state index contributed by atoms with van der Waals surface area (Å²) in [5, 5.41) is 6.69. The summed E-state index contributed by atoms with van der Waals surface area (Å²) < 4.78 is 10.7. The quantitative estimate of drug-likeness (QED) is 0.806. The van der Waals surface area contributed by atoms with Gasteiger partial charge in [-0.05, 0) is 29.8 Å². The molecule has 2 saturated heterocycles. The molecular weight excluding hydrogens is 368 g/mol. The summed E-state index contributed by atoms with van der Waals surface area (Å²) in [5.41, 5.74) is 2.27. The van der Waals surface area contributed by atoms with Crippen molar-refractivity contribution in [1.29, 1.82) is 0 Å². The molecule has 0 spiro atoms. The van der Waals surface area contributed by atoms with Crippen molar-refractivity contribution in [3.8, 4) is 11.5 Å². The predicted molar refractivity (Wildman–Crippen MR) is 112 cm³/mol. The van der Waals surface area contributed by atoms with Gasteiger partial charge in [-0.3, -0.25) is 15.0 Å². The molecule has 2 aromatic carbocycles. The Morgan fingerprint density at radius 3 is 2.34 bits per heavy atom. The van der Waals surface area contributed by atoms with Gasteiger partial charge >= 0.3 is 0 Å². The number of hydrogen-bond acceptors (Lipinski definition) is 6. The van der Waals surface area contributed by atoms with Crippen LogP contribution in [-0.4, -0.2) is 57.5 Å². The zero-order chi connectivity index (χ0) is 20.2. The molecule has 2 atom stereocenters. The number of nitrogens with one attached hydrogen (secondary N) is 2. The van der Waals surface area contributed by atoms with Crippen LogP contribution in [-0.2, 0) is 4.79 Å². The van der Waals surface area contributed by atoms with Crippen LogP contribution in [0.15, 0.2) is 48.5 Å². The zero-order valence-corrected chi connectivity index (χ0v) is 16.9. The molecule has 2 aliphatic heterocycles. The molecule has 7 heteroatoms. The van der Waals surface area contributed by atoms with Crippen LogP contribution in [0.3, 0.4) is 0 Å². The number of para-hydroxylation sites is 1. The van der Waals surface area contributed by atoms with E-state index in [1.807, 2.05) is 24.3 Å². The predicted octanol–water partition coefficient (Wildman–Crippen LogP) is 1.96. The smallest absolute Gasteiger partial charge is 0.224 e. The lowest BCUT2D eigenvalue weighted by molar-refractivity contribution is -0.127. The van der Waals surface area contributed by atoms with Gasteiger partial charge in [0.05, 0.1) is 14.2 Å². The zero-order valence-electron chi connectivity index (χ0n) is 16.9. The summed E-state index contributed by atoms with van der Waals surface area (Å²) in [6.45, 7) is 3.62. The fourth-order valence-corrected chi connectivity index (χ4v) is 4.05. The van der Waals surface area contributed by atoms with E-state index in [-0.39, 0.29) is 18.2 Å². The summed E-state index contributed by atoms with van der Waals surface area (Å²) >= 11 is 0. The maximum Gasteiger partial charge on any atom is 0.224 e. The Hall–Kier alpha value is -2.77. The van der Waals surface area contributed by atoms with Crippen molar-refractivity contribution < 1.29 is 14.3 Å². The van der Waals surface area contributed by atoms with E-state index in [9.17, 15) is 4.79 Å². The van der Waals surface area contributed by atoms with Gasteiger partial charge < -0.3 is 19.7 Å². The topological polar surface area (TPSA) is 66.1 Å². The Kier molecular flexibility index (Phi) is 5.87. The second-order valence-electron chi connectivity index (χ2n) is 7.37. The minimum Gasteiger partial charge on any atom is -0.493 e. The van der Waals surface area contributed by atoms with Crippen molar-refractivity contribution in [1.82, 2.24) is 15.5 Å². The van der Waals surface area contributed by atoms with E-state index in [1.54, 1.807) is 14.2 Å². The number of hydrogen-bond donors (Lipinski definition) is 2. The van der Waals surface area contributed by atoms with E-state index in [0.717, 1.165) is 31.7 Å². The Morgan fingerprint density at radius 1 is 0.931 bits per heavy atom. The van der Waals surface area contributed by atoms with E-state index >= 15 is 0 Å². The number of methoxy groups -OCH3 is 2. The van der Waals surface area contributed by atoms with Gasteiger partial charge in [-0.1, -0.05) is 24.3 Å². The normalized spacial score (nSPS) is 22.8. The van der Waals surface area contributed by atoms with Crippen molar-refractivity contribution in [2.45, 2.75) is 18.8 Å². The average Bonchev–Trinajstić information content (AvgIpc) is 2.79. The van der Waals surface area contributed by atoms with Crippen LogP contribution in [0.25, 0.3) is 0 Å². The number of piperazine rings is 1. The lowest BCUT2D eigenvalue weighted by Crippen LogP contribution is -2.64. The largest absolute Gasteiger partial charge is 0.493 e. The highest BCUT2D eigenvalue weighted by Crippen LogP contribution is 2.32. The number of anilines is 1. The maximum atomic E-state index is 12.4. The molecule has 2 unspecified atom stereocenters. The average molecular weight is 396 g/mol. The minimum atomic E-state index is -0.174. The summed E-state index contributed by atoms with van der Waals surface area (Å²) in [7, 11) is 3.24. The Morgan fingerprint density at radius 2 is 1.66 bits per heavy atom. The lowest BCUT2D eigenvalue weighted by Gasteiger charge is -2.43. The summed E-state index contributed by atoms with van der Waals surface area (Å²) in [4.78, 5) is 17.1. The third-order valence-corrected chi connectivity index (χ3v) is 5.66. The van der Waals surface area contributed by atoms with Crippen LogP contribution in [0, 0.1) is 0 Å². The first-order chi connectivity index (χ1) is 14.2. The van der Waals surface area contributed by atoms with Crippen molar-refractivity contribution in [2.24, 2.45) is 0 Å². The maximum absolute atomic E-state index is 12.4. The number of carbonyl (C=O) groups is 1. The molecule has 154 valence electrons. The molecule has 1 amide bonds. The van der Waals surface area contributed by atoms with Gasteiger partial charge in [-0.2, -0.15) is 0 Å². The number of rotatable bonds is 5. The van der Waals surface area contributed by atoms with Gasteiger partial charge in [-0.25, -0.2) is 0 Å². The highest BCUT2D eigenvalue weighted by Gasteiger charge is 2.32. The Balaban J connectivity index is 1.43. The van der Waals surface area contributed by atoms with Crippen LogP contribution in [0.4, 0.5) is 5.69 Å². The second-order valence-corrected chi connectivity index (χ2v) is 7.37. The van der Waals surface area contributed by atoms with Crippen molar-refractivity contribution >= 4 is 11.6 Å².